The molecule has 1 amide bonds. The Hall–Kier alpha value is -0.610. The smallest absolute Gasteiger partial charge is 0.223 e. The monoisotopic (exact) mass is 240 g/mol. The zero-order valence-electron chi connectivity index (χ0n) is 10.7. The van der Waals surface area contributed by atoms with Crippen molar-refractivity contribution in [3.05, 3.63) is 0 Å². The topological polar surface area (TPSA) is 64.4 Å². The van der Waals surface area contributed by atoms with Gasteiger partial charge in [-0.1, -0.05) is 6.42 Å². The summed E-state index contributed by atoms with van der Waals surface area (Å²) in [6.07, 6.45) is 6.34. The quantitative estimate of drug-likeness (QED) is 0.779. The van der Waals surface area contributed by atoms with Crippen LogP contribution in [0.1, 0.15) is 45.4 Å². The van der Waals surface area contributed by atoms with E-state index in [2.05, 4.69) is 5.32 Å². The van der Waals surface area contributed by atoms with Gasteiger partial charge >= 0.3 is 0 Å². The van der Waals surface area contributed by atoms with E-state index in [0.29, 0.717) is 0 Å². The average molecular weight is 240 g/mol. The molecule has 0 aromatic rings. The van der Waals surface area contributed by atoms with Crippen LogP contribution in [-0.2, 0) is 9.53 Å². The van der Waals surface area contributed by atoms with Gasteiger partial charge in [0.2, 0.25) is 5.91 Å². The molecule has 98 valence electrons. The molecule has 4 nitrogen and oxygen atoms in total. The van der Waals surface area contributed by atoms with Gasteiger partial charge in [-0.05, 0) is 39.0 Å². The SMILES string of the molecule is CC(NC(=O)C1CCCC(N)C1)C1CCCO1. The zero-order valence-corrected chi connectivity index (χ0v) is 10.7. The predicted molar refractivity (Wildman–Crippen MR) is 66.5 cm³/mol. The molecular weight excluding hydrogens is 216 g/mol. The number of carbonyl (C=O) groups excluding carboxylic acids is 1. The van der Waals surface area contributed by atoms with Crippen molar-refractivity contribution in [1.29, 1.82) is 0 Å². The molecule has 0 aromatic heterocycles. The summed E-state index contributed by atoms with van der Waals surface area (Å²) >= 11 is 0. The lowest BCUT2D eigenvalue weighted by molar-refractivity contribution is -0.127. The van der Waals surface area contributed by atoms with E-state index in [1.165, 1.54) is 0 Å². The van der Waals surface area contributed by atoms with E-state index in [4.69, 9.17) is 10.5 Å². The minimum Gasteiger partial charge on any atom is -0.376 e. The maximum Gasteiger partial charge on any atom is 0.223 e. The van der Waals surface area contributed by atoms with Crippen molar-refractivity contribution in [2.75, 3.05) is 6.61 Å². The number of hydrogen-bond acceptors (Lipinski definition) is 3. The van der Waals surface area contributed by atoms with Crippen molar-refractivity contribution in [2.24, 2.45) is 11.7 Å². The van der Waals surface area contributed by atoms with Gasteiger partial charge in [-0.3, -0.25) is 4.79 Å². The summed E-state index contributed by atoms with van der Waals surface area (Å²) < 4.78 is 5.58. The molecule has 1 aliphatic carbocycles. The molecule has 1 saturated carbocycles. The van der Waals surface area contributed by atoms with Gasteiger partial charge in [0.1, 0.15) is 0 Å². The third-order valence-corrected chi connectivity index (χ3v) is 3.98. The third kappa shape index (κ3) is 3.42. The number of nitrogens with one attached hydrogen (secondary N) is 1. The summed E-state index contributed by atoms with van der Waals surface area (Å²) in [4.78, 5) is 12.1. The summed E-state index contributed by atoms with van der Waals surface area (Å²) in [7, 11) is 0. The second-order valence-corrected chi connectivity index (χ2v) is 5.47. The van der Waals surface area contributed by atoms with Crippen LogP contribution >= 0.6 is 0 Å². The van der Waals surface area contributed by atoms with E-state index in [9.17, 15) is 4.79 Å². The second-order valence-electron chi connectivity index (χ2n) is 5.47. The molecule has 0 spiro atoms. The summed E-state index contributed by atoms with van der Waals surface area (Å²) in [5.74, 6) is 0.283. The molecule has 3 N–H and O–H groups in total. The molecule has 2 fully saturated rings. The summed E-state index contributed by atoms with van der Waals surface area (Å²) in [6.45, 7) is 2.87. The Bertz CT molecular complexity index is 264. The number of hydrogen-bond donors (Lipinski definition) is 2. The Morgan fingerprint density at radius 2 is 2.18 bits per heavy atom. The first-order valence-corrected chi connectivity index (χ1v) is 6.84. The maximum atomic E-state index is 12.1. The van der Waals surface area contributed by atoms with Crippen molar-refractivity contribution in [2.45, 2.75) is 63.6 Å². The van der Waals surface area contributed by atoms with E-state index in [0.717, 1.165) is 45.1 Å². The maximum absolute atomic E-state index is 12.1. The van der Waals surface area contributed by atoms with Crippen molar-refractivity contribution in [1.82, 2.24) is 5.32 Å². The summed E-state index contributed by atoms with van der Waals surface area (Å²) in [5, 5.41) is 3.09. The molecule has 4 unspecified atom stereocenters. The highest BCUT2D eigenvalue weighted by molar-refractivity contribution is 5.79. The molecule has 0 bridgehead atoms. The van der Waals surface area contributed by atoms with Crippen LogP contribution in [0.25, 0.3) is 0 Å². The van der Waals surface area contributed by atoms with Gasteiger partial charge in [0.05, 0.1) is 12.1 Å². The van der Waals surface area contributed by atoms with Gasteiger partial charge in [-0.25, -0.2) is 0 Å². The fraction of sp³-hybridized carbons (Fsp3) is 0.923. The van der Waals surface area contributed by atoms with Crippen molar-refractivity contribution in [3.8, 4) is 0 Å². The average Bonchev–Trinajstić information content (AvgIpc) is 2.82. The van der Waals surface area contributed by atoms with Crippen LogP contribution in [0, 0.1) is 5.92 Å². The van der Waals surface area contributed by atoms with Gasteiger partial charge < -0.3 is 15.8 Å². The van der Waals surface area contributed by atoms with Crippen LogP contribution in [-0.4, -0.2) is 30.7 Å². The van der Waals surface area contributed by atoms with Crippen LogP contribution in [0.15, 0.2) is 0 Å². The van der Waals surface area contributed by atoms with Crippen LogP contribution in [0.5, 0.6) is 0 Å². The Kier molecular flexibility index (Phi) is 4.40. The highest BCUT2D eigenvalue weighted by atomic mass is 16.5. The molecule has 1 heterocycles. The van der Waals surface area contributed by atoms with E-state index in [-0.39, 0.29) is 30.0 Å². The first-order valence-electron chi connectivity index (χ1n) is 6.84. The largest absolute Gasteiger partial charge is 0.376 e. The molecule has 2 rings (SSSR count). The molecular formula is C13H24N2O2. The van der Waals surface area contributed by atoms with Gasteiger partial charge in [0.15, 0.2) is 0 Å². The molecule has 0 radical (unpaired) electrons. The lowest BCUT2D eigenvalue weighted by atomic mass is 9.85. The number of ether oxygens (including phenoxy) is 1. The van der Waals surface area contributed by atoms with Crippen molar-refractivity contribution in [3.63, 3.8) is 0 Å². The van der Waals surface area contributed by atoms with Crippen LogP contribution in [0.4, 0.5) is 0 Å². The zero-order chi connectivity index (χ0) is 12.3. The molecule has 4 atom stereocenters. The second kappa shape index (κ2) is 5.83. The number of nitrogens with two attached hydrogens (primary N) is 1. The van der Waals surface area contributed by atoms with E-state index in [1.807, 2.05) is 6.92 Å². The Labute approximate surface area is 103 Å². The summed E-state index contributed by atoms with van der Waals surface area (Å²) in [5.41, 5.74) is 5.91. The first-order chi connectivity index (χ1) is 8.16. The standard InChI is InChI=1S/C13H24N2O2/c1-9(12-6-3-7-17-12)15-13(16)10-4-2-5-11(14)8-10/h9-12H,2-8,14H2,1H3,(H,15,16). The van der Waals surface area contributed by atoms with Gasteiger partial charge in [-0.15, -0.1) is 0 Å². The third-order valence-electron chi connectivity index (χ3n) is 3.98. The molecule has 1 aliphatic heterocycles. The Morgan fingerprint density at radius 1 is 1.35 bits per heavy atom. The fourth-order valence-corrected chi connectivity index (χ4v) is 2.90. The van der Waals surface area contributed by atoms with Gasteiger partial charge in [-0.2, -0.15) is 0 Å². The minimum atomic E-state index is 0.114. The van der Waals surface area contributed by atoms with Crippen LogP contribution in [0.3, 0.4) is 0 Å². The van der Waals surface area contributed by atoms with Crippen molar-refractivity contribution < 1.29 is 9.53 Å². The normalized spacial score (nSPS) is 35.5. The van der Waals surface area contributed by atoms with Gasteiger partial charge in [0.25, 0.3) is 0 Å². The van der Waals surface area contributed by atoms with Crippen LogP contribution < -0.4 is 11.1 Å². The van der Waals surface area contributed by atoms with Crippen LogP contribution in [0.2, 0.25) is 0 Å². The minimum absolute atomic E-state index is 0.114. The molecule has 0 aromatic carbocycles. The van der Waals surface area contributed by atoms with E-state index < -0.39 is 0 Å². The molecule has 2 aliphatic rings. The lowest BCUT2D eigenvalue weighted by Gasteiger charge is -2.28. The fourth-order valence-electron chi connectivity index (χ4n) is 2.90. The number of carbonyl (C=O) groups is 1. The van der Waals surface area contributed by atoms with E-state index >= 15 is 0 Å². The van der Waals surface area contributed by atoms with Crippen molar-refractivity contribution >= 4 is 5.91 Å². The number of rotatable bonds is 3. The first kappa shape index (κ1) is 12.8. The number of amides is 1. The highest BCUT2D eigenvalue weighted by Crippen LogP contribution is 2.24. The van der Waals surface area contributed by atoms with Gasteiger partial charge in [0, 0.05) is 18.6 Å². The molecule has 4 heteroatoms. The highest BCUT2D eigenvalue weighted by Gasteiger charge is 2.29. The summed E-state index contributed by atoms with van der Waals surface area (Å²) in [6, 6.07) is 0.334. The molecule has 1 saturated heterocycles. The predicted octanol–water partition coefficient (Wildman–Crippen LogP) is 1.19. The lowest BCUT2D eigenvalue weighted by Crippen LogP contribution is -2.45. The Morgan fingerprint density at radius 3 is 2.82 bits per heavy atom. The Balaban J connectivity index is 1.79. The molecule has 17 heavy (non-hydrogen) atoms. The van der Waals surface area contributed by atoms with E-state index in [1.54, 1.807) is 0 Å².